The average Bonchev–Trinajstić information content (AvgIpc) is 2.76. The molecule has 3 aromatic rings. The minimum atomic E-state index is -0.833. The van der Waals surface area contributed by atoms with Gasteiger partial charge in [-0.05, 0) is 61.1 Å². The van der Waals surface area contributed by atoms with Crippen molar-refractivity contribution in [1.29, 1.82) is 0 Å². The smallest absolute Gasteiger partial charge is 0.507 e. The molecule has 1 aliphatic rings. The number of aryl methyl sites for hydroxylation is 2. The first-order valence-corrected chi connectivity index (χ1v) is 10.4. The van der Waals surface area contributed by atoms with Crippen molar-refractivity contribution in [1.82, 2.24) is 0 Å². The Kier molecular flexibility index (Phi) is 9.85. The minimum absolute atomic E-state index is 0. The molecule has 0 aromatic heterocycles. The summed E-state index contributed by atoms with van der Waals surface area (Å²) in [6.07, 6.45) is 6.77. The van der Waals surface area contributed by atoms with Crippen molar-refractivity contribution in [3.8, 4) is 11.5 Å². The van der Waals surface area contributed by atoms with Crippen molar-refractivity contribution < 1.29 is 37.2 Å². The molecule has 0 saturated heterocycles. The standard InChI is InChI=1S/C24H22N2O2.C2H4O2.Mn/c27-23-17-7-1-2-8-18-10-6-12-20(24(18)28)16-26-22-14-4-3-13-21(22)25-15-19(23)11-5-9-17;1-2(3)4;/h3-6,9-16,27-28H,1-2,7-8H2;1H3,(H,3,4);/q;;+2. The number of carboxylic acid groups (broad SMARTS) is 1. The van der Waals surface area contributed by atoms with Crippen LogP contribution in [0.1, 0.15) is 42.0 Å². The molecule has 33 heavy (non-hydrogen) atoms. The van der Waals surface area contributed by atoms with Gasteiger partial charge in [0.1, 0.15) is 11.5 Å². The van der Waals surface area contributed by atoms with Gasteiger partial charge in [-0.15, -0.1) is 0 Å². The second kappa shape index (κ2) is 12.6. The molecule has 6 nitrogen and oxygen atoms in total. The normalized spacial score (nSPS) is 12.5. The second-order valence-corrected chi connectivity index (χ2v) is 7.44. The molecule has 0 spiro atoms. The Labute approximate surface area is 203 Å². The maximum Gasteiger partial charge on any atom is 2.00 e. The van der Waals surface area contributed by atoms with E-state index in [1.54, 1.807) is 12.4 Å². The van der Waals surface area contributed by atoms with Crippen LogP contribution < -0.4 is 0 Å². The van der Waals surface area contributed by atoms with Crippen molar-refractivity contribution in [3.05, 3.63) is 82.9 Å². The predicted molar refractivity (Wildman–Crippen MR) is 127 cm³/mol. The van der Waals surface area contributed by atoms with Gasteiger partial charge in [0.05, 0.1) is 11.4 Å². The average molecular weight is 485 g/mol. The van der Waals surface area contributed by atoms with Crippen LogP contribution >= 0.6 is 0 Å². The molecule has 4 rings (SSSR count). The van der Waals surface area contributed by atoms with E-state index in [2.05, 4.69) is 9.98 Å². The van der Waals surface area contributed by atoms with Crippen LogP contribution in [-0.4, -0.2) is 33.7 Å². The van der Waals surface area contributed by atoms with Gasteiger partial charge >= 0.3 is 17.1 Å². The number of carboxylic acids is 1. The Bertz CT molecular complexity index is 1070. The maximum absolute atomic E-state index is 10.6. The molecule has 1 radical (unpaired) electrons. The van der Waals surface area contributed by atoms with Gasteiger partial charge in [0.2, 0.25) is 0 Å². The number of hydrogen-bond acceptors (Lipinski definition) is 5. The third-order valence-corrected chi connectivity index (χ3v) is 5.01. The number of rotatable bonds is 0. The number of carbonyl (C=O) groups is 1. The fourth-order valence-corrected chi connectivity index (χ4v) is 3.43. The van der Waals surface area contributed by atoms with Crippen LogP contribution in [-0.2, 0) is 34.7 Å². The second-order valence-electron chi connectivity index (χ2n) is 7.44. The number of fused-ring (bicyclic) bond motifs is 5. The van der Waals surface area contributed by atoms with Crippen LogP contribution in [0.3, 0.4) is 0 Å². The summed E-state index contributed by atoms with van der Waals surface area (Å²) in [5.41, 5.74) is 4.63. The van der Waals surface area contributed by atoms with Crippen LogP contribution in [0, 0.1) is 0 Å². The van der Waals surface area contributed by atoms with E-state index in [4.69, 9.17) is 9.90 Å². The van der Waals surface area contributed by atoms with Gasteiger partial charge in [0, 0.05) is 30.5 Å². The summed E-state index contributed by atoms with van der Waals surface area (Å²) in [5.74, 6) is -0.270. The Balaban J connectivity index is 0.000000714. The molecule has 1 aliphatic heterocycles. The van der Waals surface area contributed by atoms with E-state index in [1.165, 1.54) is 0 Å². The van der Waals surface area contributed by atoms with Crippen LogP contribution in [0.15, 0.2) is 70.6 Å². The van der Waals surface area contributed by atoms with Crippen molar-refractivity contribution in [2.24, 2.45) is 9.98 Å². The number of phenolic OH excluding ortho intramolecular Hbond substituents is 2. The topological polar surface area (TPSA) is 102 Å². The molecule has 0 atom stereocenters. The van der Waals surface area contributed by atoms with Crippen LogP contribution in [0.5, 0.6) is 11.5 Å². The molecule has 0 amide bonds. The molecule has 0 saturated carbocycles. The predicted octanol–water partition coefficient (Wildman–Crippen LogP) is 5.57. The first-order chi connectivity index (χ1) is 15.5. The number of para-hydroxylation sites is 4. The Morgan fingerprint density at radius 1 is 0.727 bits per heavy atom. The van der Waals surface area contributed by atoms with Crippen LogP contribution in [0.4, 0.5) is 11.4 Å². The Hall–Kier alpha value is -3.41. The zero-order valence-corrected chi connectivity index (χ0v) is 19.5. The Morgan fingerprint density at radius 3 is 1.52 bits per heavy atom. The number of hydrogen-bond donors (Lipinski definition) is 3. The van der Waals surface area contributed by atoms with E-state index in [0.717, 1.165) is 43.7 Å². The zero-order valence-electron chi connectivity index (χ0n) is 18.3. The first-order valence-electron chi connectivity index (χ1n) is 10.4. The zero-order chi connectivity index (χ0) is 22.9. The number of benzene rings is 3. The fourth-order valence-electron chi connectivity index (χ4n) is 3.43. The molecular weight excluding hydrogens is 459 g/mol. The van der Waals surface area contributed by atoms with E-state index in [9.17, 15) is 10.2 Å². The molecule has 4 bridgehead atoms. The summed E-state index contributed by atoms with van der Waals surface area (Å²) in [6.45, 7) is 1.08. The van der Waals surface area contributed by atoms with Gasteiger partial charge in [-0.1, -0.05) is 36.4 Å². The number of aliphatic imine (C=N–C) groups is 2. The number of aliphatic carboxylic acids is 1. The number of aromatic hydroxyl groups is 2. The molecule has 169 valence electrons. The number of phenols is 2. The molecule has 3 aromatic carbocycles. The first kappa shape index (κ1) is 25.8. The molecular formula is C26H26MnN2O4+2. The van der Waals surface area contributed by atoms with Crippen molar-refractivity contribution in [2.75, 3.05) is 0 Å². The molecule has 0 unspecified atom stereocenters. The quantitative estimate of drug-likeness (QED) is 0.363. The van der Waals surface area contributed by atoms with E-state index in [-0.39, 0.29) is 28.6 Å². The molecule has 0 aliphatic carbocycles. The van der Waals surface area contributed by atoms with E-state index < -0.39 is 5.97 Å². The van der Waals surface area contributed by atoms with E-state index in [1.807, 2.05) is 60.7 Å². The largest absolute Gasteiger partial charge is 2.00 e. The molecule has 7 heteroatoms. The SMILES string of the molecule is CC(=O)O.Oc1c2cccc1CCCCc1cccc(c1O)C=Nc1ccccc1N=C2.[Mn+2]. The van der Waals surface area contributed by atoms with E-state index >= 15 is 0 Å². The summed E-state index contributed by atoms with van der Waals surface area (Å²) in [5, 5.41) is 28.6. The van der Waals surface area contributed by atoms with Crippen molar-refractivity contribution in [2.45, 2.75) is 32.6 Å². The molecule has 3 N–H and O–H groups in total. The van der Waals surface area contributed by atoms with Gasteiger partial charge < -0.3 is 15.3 Å². The third-order valence-electron chi connectivity index (χ3n) is 5.01. The summed E-state index contributed by atoms with van der Waals surface area (Å²) in [6, 6.07) is 19.1. The fraction of sp³-hybridized carbons (Fsp3) is 0.192. The number of nitrogens with zero attached hydrogens (tertiary/aromatic N) is 2. The van der Waals surface area contributed by atoms with Gasteiger partial charge in [0.15, 0.2) is 0 Å². The van der Waals surface area contributed by atoms with Gasteiger partial charge in [-0.3, -0.25) is 14.8 Å². The minimum Gasteiger partial charge on any atom is -0.507 e. The molecule has 0 fully saturated rings. The summed E-state index contributed by atoms with van der Waals surface area (Å²) >= 11 is 0. The maximum atomic E-state index is 10.6. The van der Waals surface area contributed by atoms with Crippen LogP contribution in [0.25, 0.3) is 0 Å². The summed E-state index contributed by atoms with van der Waals surface area (Å²) in [4.78, 5) is 18.1. The monoisotopic (exact) mass is 485 g/mol. The summed E-state index contributed by atoms with van der Waals surface area (Å²) < 4.78 is 0. The van der Waals surface area contributed by atoms with E-state index in [0.29, 0.717) is 22.5 Å². The van der Waals surface area contributed by atoms with Crippen molar-refractivity contribution in [3.63, 3.8) is 0 Å². The van der Waals surface area contributed by atoms with Gasteiger partial charge in [-0.25, -0.2) is 0 Å². The molecule has 1 heterocycles. The third kappa shape index (κ3) is 7.31. The summed E-state index contributed by atoms with van der Waals surface area (Å²) in [7, 11) is 0. The van der Waals surface area contributed by atoms with Gasteiger partial charge in [-0.2, -0.15) is 0 Å². The van der Waals surface area contributed by atoms with Crippen LogP contribution in [0.2, 0.25) is 0 Å². The Morgan fingerprint density at radius 2 is 1.12 bits per heavy atom. The van der Waals surface area contributed by atoms with Crippen molar-refractivity contribution >= 4 is 29.8 Å². The van der Waals surface area contributed by atoms with Gasteiger partial charge in [0.25, 0.3) is 5.97 Å².